The van der Waals surface area contributed by atoms with Crippen LogP contribution >= 0.6 is 50.5 Å². The lowest BCUT2D eigenvalue weighted by Crippen LogP contribution is -2.32. The molecule has 0 heterocycles. The second-order valence-electron chi connectivity index (χ2n) is 5.80. The molecule has 0 aliphatic rings. The van der Waals surface area contributed by atoms with Crippen molar-refractivity contribution >= 4 is 74.4 Å². The second-order valence-corrected chi connectivity index (χ2v) is 7.59. The summed E-state index contributed by atoms with van der Waals surface area (Å²) in [4.78, 5) is 38.2. The summed E-state index contributed by atoms with van der Waals surface area (Å²) in [6.07, 6.45) is 1.22. The van der Waals surface area contributed by atoms with Gasteiger partial charge in [0.05, 0.1) is 45.5 Å². The van der Waals surface area contributed by atoms with Crippen LogP contribution in [0.25, 0.3) is 0 Å². The maximum absolute atomic E-state index is 9.55. The van der Waals surface area contributed by atoms with Gasteiger partial charge < -0.3 is 35.7 Å². The maximum Gasteiger partial charge on any atom is 0.304 e. The standard InChI is InChI=1S/C6H14O3.4C3H6O2S/c1-2-6(3-7,4-8)5-9;4*4-3(5)1-2-6/h7-9H,2-5H2,1H3;4*6H,1-2H2,(H,4,5). The molecule has 0 aliphatic heterocycles. The Hall–Kier alpha value is -0.840. The molecule has 0 spiro atoms. The lowest BCUT2D eigenvalue weighted by atomic mass is 9.88. The summed E-state index contributed by atoms with van der Waals surface area (Å²) < 4.78 is 0. The highest BCUT2D eigenvalue weighted by Gasteiger charge is 2.24. The van der Waals surface area contributed by atoms with Crippen LogP contribution in [-0.4, -0.2) is 102 Å². The summed E-state index contributed by atoms with van der Waals surface area (Å²) in [6, 6.07) is 0. The maximum atomic E-state index is 9.55. The third kappa shape index (κ3) is 49.4. The molecule has 0 fully saturated rings. The molecule has 0 aromatic heterocycles. The number of hydrogen-bond acceptors (Lipinski definition) is 11. The molecule has 0 saturated heterocycles. The quantitative estimate of drug-likeness (QED) is 0.152. The first-order valence-electron chi connectivity index (χ1n) is 9.46. The summed E-state index contributed by atoms with van der Waals surface area (Å²) >= 11 is 14.7. The first-order chi connectivity index (χ1) is 15.3. The van der Waals surface area contributed by atoms with E-state index in [4.69, 9.17) is 35.7 Å². The molecule has 15 heteroatoms. The Morgan fingerprint density at radius 2 is 0.727 bits per heavy atom. The normalized spacial score (nSPS) is 9.21. The minimum atomic E-state index is -0.787. The Kier molecular flexibility index (Phi) is 42.8. The minimum absolute atomic E-state index is 0.156. The second kappa shape index (κ2) is 33.3. The Balaban J connectivity index is -0.000000100. The summed E-state index contributed by atoms with van der Waals surface area (Å²) in [6.45, 7) is 1.35. The largest absolute Gasteiger partial charge is 0.481 e. The summed E-state index contributed by atoms with van der Waals surface area (Å²) in [5.41, 5.74) is -0.667. The summed E-state index contributed by atoms with van der Waals surface area (Å²) in [5.74, 6) is -1.44. The van der Waals surface area contributed by atoms with Crippen LogP contribution in [0.15, 0.2) is 0 Å². The van der Waals surface area contributed by atoms with Crippen molar-refractivity contribution in [2.45, 2.75) is 39.0 Å². The van der Waals surface area contributed by atoms with Crippen LogP contribution in [0.1, 0.15) is 39.0 Å². The van der Waals surface area contributed by atoms with Crippen LogP contribution < -0.4 is 0 Å². The lowest BCUT2D eigenvalue weighted by molar-refractivity contribution is -0.137. The van der Waals surface area contributed by atoms with Crippen molar-refractivity contribution in [1.82, 2.24) is 0 Å². The van der Waals surface area contributed by atoms with E-state index in [2.05, 4.69) is 50.5 Å². The molecule has 7 N–H and O–H groups in total. The highest BCUT2D eigenvalue weighted by atomic mass is 32.1. The van der Waals surface area contributed by atoms with Crippen molar-refractivity contribution < 1.29 is 54.9 Å². The van der Waals surface area contributed by atoms with Gasteiger partial charge in [0, 0.05) is 28.4 Å². The van der Waals surface area contributed by atoms with Gasteiger partial charge in [-0.2, -0.15) is 50.5 Å². The van der Waals surface area contributed by atoms with Crippen molar-refractivity contribution in [1.29, 1.82) is 0 Å². The van der Waals surface area contributed by atoms with Gasteiger partial charge in [-0.25, -0.2) is 0 Å². The highest BCUT2D eigenvalue weighted by molar-refractivity contribution is 7.80. The zero-order valence-electron chi connectivity index (χ0n) is 18.5. The van der Waals surface area contributed by atoms with Gasteiger partial charge in [-0.1, -0.05) is 6.92 Å². The van der Waals surface area contributed by atoms with Crippen LogP contribution in [-0.2, 0) is 19.2 Å². The molecule has 0 aliphatic carbocycles. The fraction of sp³-hybridized carbons (Fsp3) is 0.778. The molecule has 0 radical (unpaired) electrons. The van der Waals surface area contributed by atoms with Gasteiger partial charge in [-0.3, -0.25) is 19.2 Å². The Labute approximate surface area is 216 Å². The van der Waals surface area contributed by atoms with E-state index in [1.165, 1.54) is 0 Å². The molecule has 0 aromatic carbocycles. The molecule has 0 rings (SSSR count). The fourth-order valence-electron chi connectivity index (χ4n) is 0.868. The van der Waals surface area contributed by atoms with Gasteiger partial charge >= 0.3 is 23.9 Å². The van der Waals surface area contributed by atoms with Gasteiger partial charge in [0.15, 0.2) is 0 Å². The van der Waals surface area contributed by atoms with E-state index in [9.17, 15) is 19.2 Å². The van der Waals surface area contributed by atoms with Crippen LogP contribution in [0.4, 0.5) is 0 Å². The molecule has 33 heavy (non-hydrogen) atoms. The fourth-order valence-corrected chi connectivity index (χ4v) is 1.63. The average molecular weight is 559 g/mol. The predicted molar refractivity (Wildman–Crippen MR) is 138 cm³/mol. The van der Waals surface area contributed by atoms with E-state index < -0.39 is 29.3 Å². The van der Waals surface area contributed by atoms with Crippen molar-refractivity contribution in [3.63, 3.8) is 0 Å². The molecule has 0 amide bonds. The van der Waals surface area contributed by atoms with Gasteiger partial charge in [-0.15, -0.1) is 0 Å². The SMILES string of the molecule is CCC(CO)(CO)CO.O=C(O)CCS.O=C(O)CCS.O=C(O)CCS.O=C(O)CCS. The molecular formula is C18H38O11S4. The third-order valence-electron chi connectivity index (χ3n) is 3.06. The van der Waals surface area contributed by atoms with Crippen LogP contribution in [0, 0.1) is 5.41 Å². The highest BCUT2D eigenvalue weighted by Crippen LogP contribution is 2.18. The number of aliphatic carboxylic acids is 4. The Bertz CT molecular complexity index is 395. The zero-order valence-corrected chi connectivity index (χ0v) is 22.1. The molecule has 0 aromatic rings. The minimum Gasteiger partial charge on any atom is -0.481 e. The number of carbonyl (C=O) groups is 4. The van der Waals surface area contributed by atoms with E-state index in [0.717, 1.165) is 0 Å². The number of aliphatic hydroxyl groups excluding tert-OH is 3. The van der Waals surface area contributed by atoms with Gasteiger partial charge in [0.2, 0.25) is 0 Å². The van der Waals surface area contributed by atoms with Gasteiger partial charge in [0.1, 0.15) is 0 Å². The molecule has 0 unspecified atom stereocenters. The van der Waals surface area contributed by atoms with Crippen molar-refractivity contribution in [2.75, 3.05) is 42.8 Å². The summed E-state index contributed by atoms with van der Waals surface area (Å²) in [5, 5.41) is 57.4. The molecular weight excluding hydrogens is 520 g/mol. The molecule has 0 atom stereocenters. The van der Waals surface area contributed by atoms with Crippen molar-refractivity contribution in [3.8, 4) is 0 Å². The first kappa shape index (κ1) is 42.3. The van der Waals surface area contributed by atoms with Crippen LogP contribution in [0.3, 0.4) is 0 Å². The molecule has 0 saturated carbocycles. The van der Waals surface area contributed by atoms with E-state index >= 15 is 0 Å². The number of carboxylic acid groups (broad SMARTS) is 4. The average Bonchev–Trinajstić information content (AvgIpc) is 2.72. The van der Waals surface area contributed by atoms with E-state index in [0.29, 0.717) is 29.4 Å². The smallest absolute Gasteiger partial charge is 0.304 e. The summed E-state index contributed by atoms with van der Waals surface area (Å²) in [7, 11) is 0. The number of thiol groups is 4. The van der Waals surface area contributed by atoms with E-state index in [-0.39, 0.29) is 45.5 Å². The number of carboxylic acids is 4. The number of aliphatic hydroxyl groups is 3. The topological polar surface area (TPSA) is 210 Å². The van der Waals surface area contributed by atoms with Crippen molar-refractivity contribution in [3.05, 3.63) is 0 Å². The van der Waals surface area contributed by atoms with Crippen molar-refractivity contribution in [2.24, 2.45) is 5.41 Å². The zero-order chi connectivity index (χ0) is 27.3. The first-order valence-corrected chi connectivity index (χ1v) is 12.0. The number of rotatable bonds is 12. The lowest BCUT2D eigenvalue weighted by Gasteiger charge is -2.24. The Morgan fingerprint density at radius 3 is 0.727 bits per heavy atom. The molecule has 0 bridgehead atoms. The van der Waals surface area contributed by atoms with Crippen LogP contribution in [0.5, 0.6) is 0 Å². The van der Waals surface area contributed by atoms with Gasteiger partial charge in [0.25, 0.3) is 0 Å². The molecule has 200 valence electrons. The van der Waals surface area contributed by atoms with Crippen LogP contribution in [0.2, 0.25) is 0 Å². The monoisotopic (exact) mass is 558 g/mol. The van der Waals surface area contributed by atoms with Gasteiger partial charge in [-0.05, 0) is 6.42 Å². The van der Waals surface area contributed by atoms with E-state index in [1.807, 2.05) is 6.92 Å². The molecule has 11 nitrogen and oxygen atoms in total. The van der Waals surface area contributed by atoms with E-state index in [1.54, 1.807) is 0 Å². The predicted octanol–water partition coefficient (Wildman–Crippen LogP) is 0.923. The Morgan fingerprint density at radius 1 is 0.545 bits per heavy atom. The third-order valence-corrected chi connectivity index (χ3v) is 3.95. The number of hydrogen-bond donors (Lipinski definition) is 11.